The van der Waals surface area contributed by atoms with Crippen molar-refractivity contribution < 1.29 is 24.5 Å². The zero-order valence-corrected chi connectivity index (χ0v) is 16.9. The molecule has 0 spiro atoms. The molecule has 1 aromatic rings. The average Bonchev–Trinajstić information content (AvgIpc) is 2.54. The molecule has 1 aliphatic rings. The van der Waals surface area contributed by atoms with E-state index in [1.54, 1.807) is 27.7 Å². The summed E-state index contributed by atoms with van der Waals surface area (Å²) in [5.41, 5.74) is 0.224. The molecule has 0 aliphatic carbocycles. The number of esters is 1. The monoisotopic (exact) mass is 393 g/mol. The molecule has 2 N–H and O–H groups in total. The number of hydrogen-bond acceptors (Lipinski definition) is 5. The fourth-order valence-corrected chi connectivity index (χ4v) is 3.76. The maximum atomic E-state index is 12.6. The molecule has 1 aliphatic heterocycles. The molecule has 1 saturated heterocycles. The lowest BCUT2D eigenvalue weighted by molar-refractivity contribution is -0.176. The number of carbonyl (C=O) groups is 2. The number of likely N-dealkylation sites (tertiary alicyclic amines) is 1. The van der Waals surface area contributed by atoms with Gasteiger partial charge in [-0.2, -0.15) is 0 Å². The van der Waals surface area contributed by atoms with Crippen LogP contribution in [0.3, 0.4) is 0 Å². The summed E-state index contributed by atoms with van der Waals surface area (Å²) >= 11 is 4.89. The van der Waals surface area contributed by atoms with Crippen LogP contribution in [0.25, 0.3) is 0 Å². The van der Waals surface area contributed by atoms with Gasteiger partial charge in [-0.25, -0.2) is 0 Å². The molecule has 0 bridgehead atoms. The van der Waals surface area contributed by atoms with Gasteiger partial charge in [0.2, 0.25) is 5.91 Å². The third-order valence-corrected chi connectivity index (χ3v) is 4.74. The highest BCUT2D eigenvalue weighted by atomic mass is 32.1. The second-order valence-electron chi connectivity index (χ2n) is 7.92. The van der Waals surface area contributed by atoms with Gasteiger partial charge in [-0.3, -0.25) is 9.59 Å². The Morgan fingerprint density at radius 1 is 1.30 bits per heavy atom. The number of thiocarbonyl (C=S) groups is 1. The molecule has 4 atom stereocenters. The van der Waals surface area contributed by atoms with Crippen molar-refractivity contribution in [3.63, 3.8) is 0 Å². The van der Waals surface area contributed by atoms with Crippen molar-refractivity contribution in [1.29, 1.82) is 0 Å². The van der Waals surface area contributed by atoms with E-state index < -0.39 is 29.6 Å². The Morgan fingerprint density at radius 2 is 1.89 bits per heavy atom. The standard InChI is InChI=1S/C20H27NO5S/c1-12(22)17-18(14(10-16(24)27)13-8-6-5-7-9-13)21(19(17)25)11-15(23)26-20(2,3)4/h5-9,12,14,17-18,22H,10-11H2,1-4H3,(H,24,27)/t12-,14-,17-,18+/m1/s1. The number of carbonyl (C=O) groups excluding carboxylic acids is 2. The minimum absolute atomic E-state index is 0.158. The van der Waals surface area contributed by atoms with Crippen molar-refractivity contribution in [2.24, 2.45) is 5.92 Å². The quantitative estimate of drug-likeness (QED) is 0.421. The molecule has 0 aromatic heterocycles. The van der Waals surface area contributed by atoms with Crippen LogP contribution in [0, 0.1) is 5.92 Å². The molecule has 1 fully saturated rings. The van der Waals surface area contributed by atoms with E-state index in [9.17, 15) is 19.8 Å². The van der Waals surface area contributed by atoms with E-state index in [2.05, 4.69) is 0 Å². The van der Waals surface area contributed by atoms with Crippen LogP contribution in [-0.4, -0.2) is 56.3 Å². The predicted octanol–water partition coefficient (Wildman–Crippen LogP) is 2.60. The molecule has 148 valence electrons. The first kappa shape index (κ1) is 21.3. The van der Waals surface area contributed by atoms with E-state index in [4.69, 9.17) is 17.0 Å². The number of ether oxygens (including phenoxy) is 1. The van der Waals surface area contributed by atoms with Gasteiger partial charge in [0.15, 0.2) is 5.05 Å². The molecule has 0 saturated carbocycles. The Kier molecular flexibility index (Phi) is 6.59. The third-order valence-electron chi connectivity index (χ3n) is 4.57. The molecule has 1 amide bonds. The molecule has 0 radical (unpaired) electrons. The lowest BCUT2D eigenvalue weighted by atomic mass is 9.72. The van der Waals surface area contributed by atoms with Crippen molar-refractivity contribution in [3.05, 3.63) is 35.9 Å². The molecule has 7 heteroatoms. The summed E-state index contributed by atoms with van der Waals surface area (Å²) in [5, 5.41) is 19.7. The number of nitrogens with zero attached hydrogens (tertiary/aromatic N) is 1. The third kappa shape index (κ3) is 5.26. The summed E-state index contributed by atoms with van der Waals surface area (Å²) in [6.07, 6.45) is -0.721. The van der Waals surface area contributed by atoms with Crippen LogP contribution in [0.4, 0.5) is 0 Å². The first-order valence-electron chi connectivity index (χ1n) is 8.98. The van der Waals surface area contributed by atoms with E-state index >= 15 is 0 Å². The second kappa shape index (κ2) is 8.35. The highest BCUT2D eigenvalue weighted by Crippen LogP contribution is 2.41. The molecule has 6 nitrogen and oxygen atoms in total. The number of aliphatic hydroxyl groups is 2. The van der Waals surface area contributed by atoms with Crippen LogP contribution < -0.4 is 0 Å². The Balaban J connectivity index is 2.31. The molecule has 1 heterocycles. The zero-order valence-electron chi connectivity index (χ0n) is 16.1. The minimum Gasteiger partial charge on any atom is -0.502 e. The van der Waals surface area contributed by atoms with Crippen molar-refractivity contribution in [3.8, 4) is 0 Å². The van der Waals surface area contributed by atoms with Gasteiger partial charge in [0, 0.05) is 12.3 Å². The summed E-state index contributed by atoms with van der Waals surface area (Å²) in [5.74, 6) is -1.80. The largest absolute Gasteiger partial charge is 0.502 e. The van der Waals surface area contributed by atoms with Crippen molar-refractivity contribution in [2.45, 2.75) is 57.8 Å². The number of benzene rings is 1. The first-order valence-corrected chi connectivity index (χ1v) is 9.39. The van der Waals surface area contributed by atoms with Crippen LogP contribution in [-0.2, 0) is 14.3 Å². The van der Waals surface area contributed by atoms with Crippen LogP contribution in [0.5, 0.6) is 0 Å². The van der Waals surface area contributed by atoms with Crippen molar-refractivity contribution >= 4 is 29.1 Å². The fourth-order valence-electron chi connectivity index (χ4n) is 3.58. The number of hydrogen-bond donors (Lipinski definition) is 2. The first-order chi connectivity index (χ1) is 12.5. The highest BCUT2D eigenvalue weighted by molar-refractivity contribution is 7.80. The lowest BCUT2D eigenvalue weighted by Crippen LogP contribution is -2.67. The fraction of sp³-hybridized carbons (Fsp3) is 0.550. The van der Waals surface area contributed by atoms with Crippen LogP contribution in [0.2, 0.25) is 0 Å². The van der Waals surface area contributed by atoms with Gasteiger partial charge in [-0.1, -0.05) is 30.3 Å². The summed E-state index contributed by atoms with van der Waals surface area (Å²) in [6.45, 7) is 6.63. The smallest absolute Gasteiger partial charge is 0.326 e. The number of β-lactam (4-membered cyclic amide) rings is 1. The van der Waals surface area contributed by atoms with Gasteiger partial charge in [-0.05, 0) is 45.5 Å². The molecular formula is C20H27NO5S. The average molecular weight is 394 g/mol. The van der Waals surface area contributed by atoms with Gasteiger partial charge in [0.1, 0.15) is 12.1 Å². The van der Waals surface area contributed by atoms with Crippen LogP contribution in [0.15, 0.2) is 30.3 Å². The topological polar surface area (TPSA) is 87.1 Å². The Morgan fingerprint density at radius 3 is 2.37 bits per heavy atom. The summed E-state index contributed by atoms with van der Waals surface area (Å²) < 4.78 is 5.33. The van der Waals surface area contributed by atoms with E-state index in [-0.39, 0.29) is 29.8 Å². The molecule has 2 rings (SSSR count). The van der Waals surface area contributed by atoms with Crippen LogP contribution >= 0.6 is 12.2 Å². The van der Waals surface area contributed by atoms with Crippen molar-refractivity contribution in [1.82, 2.24) is 4.90 Å². The number of rotatable bonds is 7. The summed E-state index contributed by atoms with van der Waals surface area (Å²) in [7, 11) is 0. The maximum Gasteiger partial charge on any atom is 0.326 e. The van der Waals surface area contributed by atoms with Crippen LogP contribution in [0.1, 0.15) is 45.6 Å². The molecule has 1 aromatic carbocycles. The Hall–Kier alpha value is -1.99. The Bertz CT molecular complexity index is 698. The normalized spacial score (nSPS) is 22.0. The van der Waals surface area contributed by atoms with Gasteiger partial charge in [-0.15, -0.1) is 0 Å². The molecule has 27 heavy (non-hydrogen) atoms. The number of amides is 1. The molecule has 0 unspecified atom stereocenters. The predicted molar refractivity (Wildman–Crippen MR) is 106 cm³/mol. The van der Waals surface area contributed by atoms with E-state index in [0.29, 0.717) is 0 Å². The summed E-state index contributed by atoms with van der Waals surface area (Å²) in [4.78, 5) is 26.3. The summed E-state index contributed by atoms with van der Waals surface area (Å²) in [6, 6.07) is 8.90. The minimum atomic E-state index is -0.879. The lowest BCUT2D eigenvalue weighted by Gasteiger charge is -2.51. The SMILES string of the molecule is C[C@@H](O)[C@H]1C(=O)N(CC(=O)OC(C)(C)C)[C@H]1[C@H](CC(O)=S)c1ccccc1. The second-order valence-corrected chi connectivity index (χ2v) is 8.40. The van der Waals surface area contributed by atoms with Gasteiger partial charge in [0.25, 0.3) is 0 Å². The maximum absolute atomic E-state index is 12.6. The zero-order chi connectivity index (χ0) is 20.4. The van der Waals surface area contributed by atoms with E-state index in [1.807, 2.05) is 30.3 Å². The Labute approximate surface area is 165 Å². The van der Waals surface area contributed by atoms with E-state index in [1.165, 1.54) is 4.90 Å². The molecular weight excluding hydrogens is 366 g/mol. The van der Waals surface area contributed by atoms with Crippen molar-refractivity contribution in [2.75, 3.05) is 6.54 Å². The highest BCUT2D eigenvalue weighted by Gasteiger charge is 2.54. The van der Waals surface area contributed by atoms with Gasteiger partial charge >= 0.3 is 5.97 Å². The van der Waals surface area contributed by atoms with E-state index in [0.717, 1.165) is 5.56 Å². The van der Waals surface area contributed by atoms with Gasteiger partial charge in [0.05, 0.1) is 18.1 Å². The number of aliphatic hydroxyl groups excluding tert-OH is 2. The van der Waals surface area contributed by atoms with Gasteiger partial charge < -0.3 is 19.8 Å².